The molecule has 0 radical (unpaired) electrons. The minimum atomic E-state index is -0.0260. The summed E-state index contributed by atoms with van der Waals surface area (Å²) in [5.41, 5.74) is 3.78. The van der Waals surface area contributed by atoms with Gasteiger partial charge < -0.3 is 4.57 Å². The van der Waals surface area contributed by atoms with Gasteiger partial charge in [-0.25, -0.2) is 0 Å². The van der Waals surface area contributed by atoms with E-state index in [-0.39, 0.29) is 5.56 Å². The van der Waals surface area contributed by atoms with Gasteiger partial charge in [0.05, 0.1) is 5.56 Å². The van der Waals surface area contributed by atoms with Crippen molar-refractivity contribution in [2.45, 2.75) is 26.3 Å². The van der Waals surface area contributed by atoms with Gasteiger partial charge in [0.1, 0.15) is 6.07 Å². The Labute approximate surface area is 122 Å². The van der Waals surface area contributed by atoms with Crippen LogP contribution >= 0.6 is 11.6 Å². The Morgan fingerprint density at radius 1 is 1.30 bits per heavy atom. The van der Waals surface area contributed by atoms with Crippen LogP contribution in [0, 0.1) is 18.3 Å². The fourth-order valence-corrected chi connectivity index (χ4v) is 2.96. The largest absolute Gasteiger partial charge is 0.311 e. The molecular formula is C16H13ClN2O. The molecule has 0 aliphatic carbocycles. The Morgan fingerprint density at radius 3 is 2.85 bits per heavy atom. The zero-order valence-corrected chi connectivity index (χ0v) is 11.9. The van der Waals surface area contributed by atoms with Crippen molar-refractivity contribution in [3.8, 4) is 17.2 Å². The van der Waals surface area contributed by atoms with Crippen LogP contribution in [0.3, 0.4) is 0 Å². The highest BCUT2D eigenvalue weighted by Gasteiger charge is 2.20. The molecule has 0 saturated heterocycles. The second-order valence-corrected chi connectivity index (χ2v) is 5.49. The molecule has 0 N–H and O–H groups in total. The summed E-state index contributed by atoms with van der Waals surface area (Å²) in [7, 11) is 0. The molecule has 0 atom stereocenters. The molecule has 1 aliphatic rings. The van der Waals surface area contributed by atoms with Crippen molar-refractivity contribution in [2.75, 3.05) is 0 Å². The molecule has 3 nitrogen and oxygen atoms in total. The van der Waals surface area contributed by atoms with Crippen molar-refractivity contribution >= 4 is 11.6 Å². The number of hydrogen-bond donors (Lipinski definition) is 0. The minimum absolute atomic E-state index is 0.0260. The Bertz CT molecular complexity index is 799. The lowest BCUT2D eigenvalue weighted by Crippen LogP contribution is -2.22. The van der Waals surface area contributed by atoms with Gasteiger partial charge >= 0.3 is 0 Å². The molecule has 2 aromatic rings. The van der Waals surface area contributed by atoms with Crippen molar-refractivity contribution in [1.82, 2.24) is 4.57 Å². The first kappa shape index (κ1) is 13.0. The lowest BCUT2D eigenvalue weighted by atomic mass is 9.99. The smallest absolute Gasteiger partial charge is 0.258 e. The number of nitriles is 1. The molecule has 1 aromatic heterocycles. The third kappa shape index (κ3) is 1.93. The molecule has 0 amide bonds. The summed E-state index contributed by atoms with van der Waals surface area (Å²) in [4.78, 5) is 12.6. The fourth-order valence-electron chi connectivity index (χ4n) is 2.79. The minimum Gasteiger partial charge on any atom is -0.311 e. The molecule has 0 unspecified atom stereocenters. The summed E-state index contributed by atoms with van der Waals surface area (Å²) < 4.78 is 1.73. The monoisotopic (exact) mass is 284 g/mol. The van der Waals surface area contributed by atoms with Crippen LogP contribution in [0.4, 0.5) is 0 Å². The van der Waals surface area contributed by atoms with E-state index >= 15 is 0 Å². The number of pyridine rings is 1. The molecule has 100 valence electrons. The maximum atomic E-state index is 12.6. The van der Waals surface area contributed by atoms with Crippen LogP contribution in [0.2, 0.25) is 5.02 Å². The maximum absolute atomic E-state index is 12.6. The number of hydrogen-bond acceptors (Lipinski definition) is 2. The predicted octanol–water partition coefficient (Wildman–Crippen LogP) is 3.30. The van der Waals surface area contributed by atoms with Gasteiger partial charge in [0.2, 0.25) is 0 Å². The zero-order valence-electron chi connectivity index (χ0n) is 11.1. The third-order valence-corrected chi connectivity index (χ3v) is 4.04. The van der Waals surface area contributed by atoms with E-state index in [4.69, 9.17) is 11.6 Å². The van der Waals surface area contributed by atoms with Gasteiger partial charge in [0, 0.05) is 22.8 Å². The van der Waals surface area contributed by atoms with E-state index in [1.807, 2.05) is 13.0 Å². The number of benzene rings is 1. The number of halogens is 1. The van der Waals surface area contributed by atoms with E-state index in [0.29, 0.717) is 22.7 Å². The molecule has 2 heterocycles. The Hall–Kier alpha value is -2.05. The molecule has 20 heavy (non-hydrogen) atoms. The predicted molar refractivity (Wildman–Crippen MR) is 78.9 cm³/mol. The topological polar surface area (TPSA) is 45.8 Å². The normalized spacial score (nSPS) is 13.1. The summed E-state index contributed by atoms with van der Waals surface area (Å²) in [6.45, 7) is 2.63. The lowest BCUT2D eigenvalue weighted by molar-refractivity contribution is 0.722. The van der Waals surface area contributed by atoms with E-state index in [1.165, 1.54) is 0 Å². The number of nitrogens with zero attached hydrogens (tertiary/aromatic N) is 2. The van der Waals surface area contributed by atoms with Crippen LogP contribution < -0.4 is 5.56 Å². The third-order valence-electron chi connectivity index (χ3n) is 3.81. The molecule has 1 aromatic carbocycles. The summed E-state index contributed by atoms with van der Waals surface area (Å²) in [5.74, 6) is 0. The number of aryl methyl sites for hydroxylation is 1. The summed E-state index contributed by atoms with van der Waals surface area (Å²) in [5, 5.41) is 9.89. The van der Waals surface area contributed by atoms with Crippen LogP contribution in [-0.4, -0.2) is 4.57 Å². The van der Waals surface area contributed by atoms with E-state index in [0.717, 1.165) is 29.7 Å². The van der Waals surface area contributed by atoms with Crippen LogP contribution in [0.5, 0.6) is 0 Å². The summed E-state index contributed by atoms with van der Waals surface area (Å²) in [6, 6.07) is 9.39. The van der Waals surface area contributed by atoms with E-state index in [2.05, 4.69) is 6.07 Å². The second-order valence-electron chi connectivity index (χ2n) is 5.05. The summed E-state index contributed by atoms with van der Waals surface area (Å²) in [6.07, 6.45) is 1.72. The molecule has 3 rings (SSSR count). The molecule has 0 fully saturated rings. The first-order chi connectivity index (χ1) is 9.61. The Morgan fingerprint density at radius 2 is 2.10 bits per heavy atom. The quantitative estimate of drug-likeness (QED) is 0.806. The van der Waals surface area contributed by atoms with Crippen LogP contribution in [0.15, 0.2) is 29.1 Å². The van der Waals surface area contributed by atoms with Crippen molar-refractivity contribution in [2.24, 2.45) is 0 Å². The molecule has 0 spiro atoms. The molecule has 4 heteroatoms. The molecule has 0 bridgehead atoms. The van der Waals surface area contributed by atoms with Gasteiger partial charge in [0.25, 0.3) is 5.56 Å². The Kier molecular flexibility index (Phi) is 3.11. The zero-order chi connectivity index (χ0) is 14.3. The molecule has 1 aliphatic heterocycles. The average Bonchev–Trinajstić information content (AvgIpc) is 2.92. The van der Waals surface area contributed by atoms with E-state index in [1.54, 1.807) is 22.8 Å². The number of rotatable bonds is 1. The maximum Gasteiger partial charge on any atom is 0.258 e. The van der Waals surface area contributed by atoms with Gasteiger partial charge in [0.15, 0.2) is 0 Å². The number of fused-ring (bicyclic) bond motifs is 1. The average molecular weight is 285 g/mol. The van der Waals surface area contributed by atoms with E-state index < -0.39 is 0 Å². The standard InChI is InChI=1S/C16H13ClN2O/c1-10-4-5-12(17)8-13(10)14-7-11(9-18)15-3-2-6-19(15)16(14)20/h4-5,7-8H,2-3,6H2,1H3. The Balaban J connectivity index is 2.33. The van der Waals surface area contributed by atoms with Crippen molar-refractivity contribution < 1.29 is 0 Å². The highest BCUT2D eigenvalue weighted by molar-refractivity contribution is 6.30. The van der Waals surface area contributed by atoms with Gasteiger partial charge in [-0.1, -0.05) is 17.7 Å². The van der Waals surface area contributed by atoms with Gasteiger partial charge in [-0.05, 0) is 49.1 Å². The number of aromatic nitrogens is 1. The summed E-state index contributed by atoms with van der Waals surface area (Å²) >= 11 is 6.04. The van der Waals surface area contributed by atoms with Gasteiger partial charge in [-0.3, -0.25) is 4.79 Å². The highest BCUT2D eigenvalue weighted by atomic mass is 35.5. The fraction of sp³-hybridized carbons (Fsp3) is 0.250. The lowest BCUT2D eigenvalue weighted by Gasteiger charge is -2.11. The van der Waals surface area contributed by atoms with Crippen LogP contribution in [0.25, 0.3) is 11.1 Å². The van der Waals surface area contributed by atoms with Crippen molar-refractivity contribution in [3.63, 3.8) is 0 Å². The van der Waals surface area contributed by atoms with E-state index in [9.17, 15) is 10.1 Å². The molecule has 0 saturated carbocycles. The van der Waals surface area contributed by atoms with Crippen molar-refractivity contribution in [3.05, 3.63) is 56.5 Å². The van der Waals surface area contributed by atoms with Crippen molar-refractivity contribution in [1.29, 1.82) is 5.26 Å². The first-order valence-corrected chi connectivity index (χ1v) is 6.93. The first-order valence-electron chi connectivity index (χ1n) is 6.55. The second kappa shape index (κ2) is 4.81. The molecular weight excluding hydrogens is 272 g/mol. The van der Waals surface area contributed by atoms with Crippen LogP contribution in [-0.2, 0) is 13.0 Å². The SMILES string of the molecule is Cc1ccc(Cl)cc1-c1cc(C#N)c2n(c1=O)CCC2. The van der Waals surface area contributed by atoms with Crippen LogP contribution in [0.1, 0.15) is 23.2 Å². The van der Waals surface area contributed by atoms with Gasteiger partial charge in [-0.15, -0.1) is 0 Å². The highest BCUT2D eigenvalue weighted by Crippen LogP contribution is 2.27. The van der Waals surface area contributed by atoms with Gasteiger partial charge in [-0.2, -0.15) is 5.26 Å².